The van der Waals surface area contributed by atoms with Crippen LogP contribution < -0.4 is 10.3 Å². The summed E-state index contributed by atoms with van der Waals surface area (Å²) in [5.74, 6) is 0.00360. The number of rotatable bonds is 5. The lowest BCUT2D eigenvalue weighted by Crippen LogP contribution is -3.13. The molecule has 1 aliphatic rings. The molecule has 0 saturated carbocycles. The molecule has 0 spiro atoms. The van der Waals surface area contributed by atoms with Gasteiger partial charge in [0.15, 0.2) is 6.54 Å². The number of carbonyl (C=O) groups is 1. The van der Waals surface area contributed by atoms with Gasteiger partial charge in [-0.15, -0.1) is 11.8 Å². The van der Waals surface area contributed by atoms with Gasteiger partial charge in [-0.25, -0.2) is 5.43 Å². The van der Waals surface area contributed by atoms with Crippen molar-refractivity contribution in [2.24, 2.45) is 5.10 Å². The Balaban J connectivity index is 1.75. The SMILES string of the molecule is CSc1ccc(/C=N\NC(=O)C[NH+]2CCCCCC2)cc1. The molecule has 21 heavy (non-hydrogen) atoms. The van der Waals surface area contributed by atoms with Crippen LogP contribution in [0.5, 0.6) is 0 Å². The summed E-state index contributed by atoms with van der Waals surface area (Å²) in [5, 5.41) is 4.04. The Morgan fingerprint density at radius 3 is 2.52 bits per heavy atom. The summed E-state index contributed by atoms with van der Waals surface area (Å²) in [5.41, 5.74) is 3.63. The van der Waals surface area contributed by atoms with E-state index in [1.54, 1.807) is 18.0 Å². The highest BCUT2D eigenvalue weighted by atomic mass is 32.2. The number of carbonyl (C=O) groups excluding carboxylic acids is 1. The number of nitrogens with zero attached hydrogens (tertiary/aromatic N) is 1. The zero-order valence-corrected chi connectivity index (χ0v) is 13.4. The third-order valence-electron chi connectivity index (χ3n) is 3.74. The topological polar surface area (TPSA) is 45.9 Å². The molecule has 114 valence electrons. The van der Waals surface area contributed by atoms with E-state index in [0.29, 0.717) is 6.54 Å². The molecule has 1 aliphatic heterocycles. The summed E-state index contributed by atoms with van der Waals surface area (Å²) >= 11 is 1.71. The van der Waals surface area contributed by atoms with Crippen LogP contribution in [-0.2, 0) is 4.79 Å². The van der Waals surface area contributed by atoms with Crippen LogP contribution in [0.3, 0.4) is 0 Å². The summed E-state index contributed by atoms with van der Waals surface area (Å²) in [6.07, 6.45) is 8.81. The maximum Gasteiger partial charge on any atom is 0.295 e. The number of quaternary nitrogens is 1. The quantitative estimate of drug-likeness (QED) is 0.490. The van der Waals surface area contributed by atoms with Gasteiger partial charge >= 0.3 is 0 Å². The average molecular weight is 306 g/mol. The lowest BCUT2D eigenvalue weighted by molar-refractivity contribution is -0.891. The highest BCUT2D eigenvalue weighted by Gasteiger charge is 2.15. The first-order valence-corrected chi connectivity index (χ1v) is 8.80. The third kappa shape index (κ3) is 5.89. The minimum absolute atomic E-state index is 0.00360. The smallest absolute Gasteiger partial charge is 0.295 e. The number of hydrogen-bond donors (Lipinski definition) is 2. The third-order valence-corrected chi connectivity index (χ3v) is 4.48. The first-order chi connectivity index (χ1) is 10.3. The maximum atomic E-state index is 11.9. The molecule has 0 radical (unpaired) electrons. The summed E-state index contributed by atoms with van der Waals surface area (Å²) < 4.78 is 0. The molecule has 0 unspecified atom stereocenters. The van der Waals surface area contributed by atoms with Crippen LogP contribution in [0.25, 0.3) is 0 Å². The number of thioether (sulfide) groups is 1. The van der Waals surface area contributed by atoms with Crippen molar-refractivity contribution in [1.82, 2.24) is 5.43 Å². The minimum atomic E-state index is 0.00360. The van der Waals surface area contributed by atoms with Crippen molar-refractivity contribution in [3.05, 3.63) is 29.8 Å². The molecule has 2 N–H and O–H groups in total. The number of hydrazone groups is 1. The van der Waals surface area contributed by atoms with Crippen molar-refractivity contribution in [3.8, 4) is 0 Å². The van der Waals surface area contributed by atoms with Crippen molar-refractivity contribution in [2.75, 3.05) is 25.9 Å². The second-order valence-corrected chi connectivity index (χ2v) is 6.29. The number of nitrogens with one attached hydrogen (secondary N) is 2. The molecular formula is C16H24N3OS+. The molecule has 1 aromatic rings. The van der Waals surface area contributed by atoms with E-state index in [-0.39, 0.29) is 5.91 Å². The largest absolute Gasteiger partial charge is 0.327 e. The van der Waals surface area contributed by atoms with E-state index in [2.05, 4.69) is 28.9 Å². The number of amides is 1. The number of benzene rings is 1. The Bertz CT molecular complexity index is 465. The minimum Gasteiger partial charge on any atom is -0.327 e. The van der Waals surface area contributed by atoms with Gasteiger partial charge in [-0.2, -0.15) is 5.10 Å². The summed E-state index contributed by atoms with van der Waals surface area (Å²) in [6, 6.07) is 8.10. The van der Waals surface area contributed by atoms with Crippen molar-refractivity contribution < 1.29 is 9.69 Å². The fourth-order valence-electron chi connectivity index (χ4n) is 2.54. The van der Waals surface area contributed by atoms with Gasteiger partial charge in [0.25, 0.3) is 5.91 Å². The van der Waals surface area contributed by atoms with Gasteiger partial charge in [-0.1, -0.05) is 12.1 Å². The molecule has 1 fully saturated rings. The molecule has 1 amide bonds. The highest BCUT2D eigenvalue weighted by Crippen LogP contribution is 2.13. The van der Waals surface area contributed by atoms with Crippen LogP contribution in [0.2, 0.25) is 0 Å². The van der Waals surface area contributed by atoms with Crippen molar-refractivity contribution in [2.45, 2.75) is 30.6 Å². The molecule has 0 atom stereocenters. The highest BCUT2D eigenvalue weighted by molar-refractivity contribution is 7.98. The van der Waals surface area contributed by atoms with Gasteiger partial charge in [-0.3, -0.25) is 4.79 Å². The predicted molar refractivity (Wildman–Crippen MR) is 88.0 cm³/mol. The first-order valence-electron chi connectivity index (χ1n) is 7.57. The first kappa shape index (κ1) is 16.0. The predicted octanol–water partition coefficient (Wildman–Crippen LogP) is 1.32. The van der Waals surface area contributed by atoms with Gasteiger partial charge < -0.3 is 4.90 Å². The molecule has 4 nitrogen and oxygen atoms in total. The fourth-order valence-corrected chi connectivity index (χ4v) is 2.95. The second kappa shape index (κ2) is 8.85. The normalized spacial score (nSPS) is 16.8. The van der Waals surface area contributed by atoms with E-state index in [0.717, 1.165) is 18.7 Å². The van der Waals surface area contributed by atoms with Crippen molar-refractivity contribution >= 4 is 23.9 Å². The maximum absolute atomic E-state index is 11.9. The zero-order chi connectivity index (χ0) is 14.9. The summed E-state index contributed by atoms with van der Waals surface area (Å²) in [6.45, 7) is 2.74. The van der Waals surface area contributed by atoms with Gasteiger partial charge in [-0.05, 0) is 49.6 Å². The van der Waals surface area contributed by atoms with E-state index in [1.807, 2.05) is 12.1 Å². The van der Waals surface area contributed by atoms with E-state index < -0.39 is 0 Å². The molecule has 1 heterocycles. The standard InChI is InChI=1S/C16H23N3OS/c1-21-15-8-6-14(7-9-15)12-17-18-16(20)13-19-10-4-2-3-5-11-19/h6-9,12H,2-5,10-11,13H2,1H3,(H,18,20)/p+1/b17-12-. The van der Waals surface area contributed by atoms with Crippen molar-refractivity contribution in [1.29, 1.82) is 0 Å². The van der Waals surface area contributed by atoms with E-state index in [9.17, 15) is 4.79 Å². The Kier molecular flexibility index (Phi) is 6.76. The monoisotopic (exact) mass is 306 g/mol. The van der Waals surface area contributed by atoms with Crippen LogP contribution in [-0.4, -0.2) is 38.0 Å². The molecule has 1 aromatic carbocycles. The van der Waals surface area contributed by atoms with E-state index in [4.69, 9.17) is 0 Å². The molecule has 0 aromatic heterocycles. The lowest BCUT2D eigenvalue weighted by atomic mass is 10.2. The molecule has 0 aliphatic carbocycles. The molecule has 2 rings (SSSR count). The van der Waals surface area contributed by atoms with Gasteiger partial charge in [0, 0.05) is 4.90 Å². The van der Waals surface area contributed by atoms with Gasteiger partial charge in [0.05, 0.1) is 19.3 Å². The second-order valence-electron chi connectivity index (χ2n) is 5.41. The van der Waals surface area contributed by atoms with Crippen LogP contribution in [0.15, 0.2) is 34.3 Å². The fraction of sp³-hybridized carbons (Fsp3) is 0.500. The Hall–Kier alpha value is -1.33. The molecule has 5 heteroatoms. The Labute approximate surface area is 131 Å². The van der Waals surface area contributed by atoms with Crippen LogP contribution in [0, 0.1) is 0 Å². The Morgan fingerprint density at radius 1 is 1.24 bits per heavy atom. The molecule has 1 saturated heterocycles. The van der Waals surface area contributed by atoms with Crippen molar-refractivity contribution in [3.63, 3.8) is 0 Å². The van der Waals surface area contributed by atoms with Gasteiger partial charge in [0.2, 0.25) is 0 Å². The number of likely N-dealkylation sites (tertiary alicyclic amines) is 1. The molecular weight excluding hydrogens is 282 g/mol. The van der Waals surface area contributed by atoms with Crippen LogP contribution in [0.1, 0.15) is 31.2 Å². The van der Waals surface area contributed by atoms with Crippen LogP contribution in [0.4, 0.5) is 0 Å². The van der Waals surface area contributed by atoms with E-state index in [1.165, 1.54) is 35.5 Å². The molecule has 0 bridgehead atoms. The Morgan fingerprint density at radius 2 is 1.90 bits per heavy atom. The lowest BCUT2D eigenvalue weighted by Gasteiger charge is -2.15. The number of hydrogen-bond acceptors (Lipinski definition) is 3. The average Bonchev–Trinajstić information content (AvgIpc) is 2.76. The summed E-state index contributed by atoms with van der Waals surface area (Å²) in [4.78, 5) is 14.5. The van der Waals surface area contributed by atoms with Crippen LogP contribution >= 0.6 is 11.8 Å². The van der Waals surface area contributed by atoms with Gasteiger partial charge in [0.1, 0.15) is 0 Å². The summed E-state index contributed by atoms with van der Waals surface area (Å²) in [7, 11) is 0. The zero-order valence-electron chi connectivity index (χ0n) is 12.6. The van der Waals surface area contributed by atoms with E-state index >= 15 is 0 Å².